The molecule has 2 N–H and O–H groups in total. The average molecular weight is 296 g/mol. The summed E-state index contributed by atoms with van der Waals surface area (Å²) in [5.74, 6) is 1.59. The molecule has 2 aromatic carbocycles. The molecule has 0 radical (unpaired) electrons. The first-order valence-electron chi connectivity index (χ1n) is 6.73. The Balaban J connectivity index is 1.83. The first kappa shape index (κ1) is 13.8. The molecule has 1 heterocycles. The molecular formula is C17H16N2OS. The molecule has 0 aliphatic rings. The number of nitrogens with zero attached hydrogens (tertiary/aromatic N) is 1. The van der Waals surface area contributed by atoms with E-state index in [-0.39, 0.29) is 6.04 Å². The Kier molecular flexibility index (Phi) is 3.99. The van der Waals surface area contributed by atoms with Gasteiger partial charge in [-0.2, -0.15) is 0 Å². The van der Waals surface area contributed by atoms with E-state index in [0.717, 1.165) is 27.8 Å². The molecule has 1 atom stereocenters. The Bertz CT molecular complexity index is 724. The molecule has 21 heavy (non-hydrogen) atoms. The maximum atomic E-state index is 6.28. The van der Waals surface area contributed by atoms with E-state index in [1.165, 1.54) is 0 Å². The van der Waals surface area contributed by atoms with Gasteiger partial charge in [-0.05, 0) is 36.8 Å². The van der Waals surface area contributed by atoms with Crippen LogP contribution in [0, 0.1) is 6.92 Å². The number of thiazole rings is 1. The van der Waals surface area contributed by atoms with Crippen molar-refractivity contribution in [1.82, 2.24) is 4.98 Å². The van der Waals surface area contributed by atoms with E-state index >= 15 is 0 Å². The van der Waals surface area contributed by atoms with Gasteiger partial charge in [0.25, 0.3) is 0 Å². The second kappa shape index (κ2) is 6.08. The average Bonchev–Trinajstić information content (AvgIpc) is 2.94. The zero-order valence-corrected chi connectivity index (χ0v) is 12.5. The molecule has 0 aliphatic carbocycles. The van der Waals surface area contributed by atoms with Gasteiger partial charge < -0.3 is 10.5 Å². The van der Waals surface area contributed by atoms with Gasteiger partial charge in [-0.15, -0.1) is 11.3 Å². The lowest BCUT2D eigenvalue weighted by Gasteiger charge is -2.11. The fraction of sp³-hybridized carbons (Fsp3) is 0.118. The van der Waals surface area contributed by atoms with Crippen molar-refractivity contribution < 1.29 is 4.74 Å². The van der Waals surface area contributed by atoms with Crippen molar-refractivity contribution in [2.24, 2.45) is 5.73 Å². The van der Waals surface area contributed by atoms with Crippen LogP contribution in [0.25, 0.3) is 0 Å². The lowest BCUT2D eigenvalue weighted by Crippen LogP contribution is -2.11. The van der Waals surface area contributed by atoms with Crippen LogP contribution >= 0.6 is 11.3 Å². The predicted octanol–water partition coefficient (Wildman–Crippen LogP) is 4.29. The lowest BCUT2D eigenvalue weighted by molar-refractivity contribution is 0.481. The second-order valence-corrected chi connectivity index (χ2v) is 5.68. The van der Waals surface area contributed by atoms with E-state index in [2.05, 4.69) is 4.98 Å². The Morgan fingerprint density at radius 1 is 1.05 bits per heavy atom. The highest BCUT2D eigenvalue weighted by Crippen LogP contribution is 2.27. The predicted molar refractivity (Wildman–Crippen MR) is 85.8 cm³/mol. The maximum absolute atomic E-state index is 6.28. The van der Waals surface area contributed by atoms with Crippen LogP contribution in [-0.4, -0.2) is 4.98 Å². The molecule has 0 bridgehead atoms. The number of aryl methyl sites for hydroxylation is 1. The van der Waals surface area contributed by atoms with Crippen molar-refractivity contribution in [3.63, 3.8) is 0 Å². The summed E-state index contributed by atoms with van der Waals surface area (Å²) < 4.78 is 5.84. The van der Waals surface area contributed by atoms with Gasteiger partial charge in [0.2, 0.25) is 0 Å². The molecule has 0 saturated heterocycles. The molecule has 3 rings (SSSR count). The third kappa shape index (κ3) is 3.29. The van der Waals surface area contributed by atoms with Gasteiger partial charge in [0.05, 0.1) is 6.04 Å². The van der Waals surface area contributed by atoms with Crippen molar-refractivity contribution in [3.05, 3.63) is 76.2 Å². The molecule has 106 valence electrons. The van der Waals surface area contributed by atoms with Gasteiger partial charge in [-0.25, -0.2) is 4.98 Å². The van der Waals surface area contributed by atoms with Crippen molar-refractivity contribution in [3.8, 4) is 11.5 Å². The molecular weight excluding hydrogens is 280 g/mol. The quantitative estimate of drug-likeness (QED) is 0.781. The van der Waals surface area contributed by atoms with Crippen molar-refractivity contribution in [2.75, 3.05) is 0 Å². The molecule has 3 nitrogen and oxygen atoms in total. The van der Waals surface area contributed by atoms with E-state index in [1.54, 1.807) is 11.3 Å². The summed E-state index contributed by atoms with van der Waals surface area (Å²) >= 11 is 1.59. The SMILES string of the molecule is Cc1csc(C(N)c2cccc(Oc3ccccc3)c2)n1. The number of para-hydroxylation sites is 1. The monoisotopic (exact) mass is 296 g/mol. The zero-order chi connectivity index (χ0) is 14.7. The Morgan fingerprint density at radius 2 is 1.81 bits per heavy atom. The summed E-state index contributed by atoms with van der Waals surface area (Å²) in [5, 5.41) is 2.93. The molecule has 1 unspecified atom stereocenters. The minimum atomic E-state index is -0.219. The minimum Gasteiger partial charge on any atom is -0.457 e. The first-order valence-corrected chi connectivity index (χ1v) is 7.61. The van der Waals surface area contributed by atoms with Crippen LogP contribution in [0.5, 0.6) is 11.5 Å². The van der Waals surface area contributed by atoms with Gasteiger partial charge in [0.1, 0.15) is 16.5 Å². The number of hydrogen-bond acceptors (Lipinski definition) is 4. The van der Waals surface area contributed by atoms with Gasteiger partial charge in [0.15, 0.2) is 0 Å². The lowest BCUT2D eigenvalue weighted by atomic mass is 10.1. The van der Waals surface area contributed by atoms with Gasteiger partial charge in [0, 0.05) is 11.1 Å². The highest BCUT2D eigenvalue weighted by molar-refractivity contribution is 7.09. The number of rotatable bonds is 4. The van der Waals surface area contributed by atoms with Crippen LogP contribution in [0.1, 0.15) is 22.3 Å². The Hall–Kier alpha value is -2.17. The molecule has 1 aromatic heterocycles. The topological polar surface area (TPSA) is 48.1 Å². The number of hydrogen-bond donors (Lipinski definition) is 1. The normalized spacial score (nSPS) is 12.1. The Labute approximate surface area is 128 Å². The molecule has 0 fully saturated rings. The van der Waals surface area contributed by atoms with Crippen molar-refractivity contribution >= 4 is 11.3 Å². The molecule has 0 aliphatic heterocycles. The highest BCUT2D eigenvalue weighted by Gasteiger charge is 2.13. The molecule has 0 amide bonds. The van der Waals surface area contributed by atoms with E-state index in [1.807, 2.05) is 66.9 Å². The van der Waals surface area contributed by atoms with E-state index in [9.17, 15) is 0 Å². The first-order chi connectivity index (χ1) is 10.2. The summed E-state index contributed by atoms with van der Waals surface area (Å²) in [6.45, 7) is 1.97. The summed E-state index contributed by atoms with van der Waals surface area (Å²) in [6, 6.07) is 17.3. The summed E-state index contributed by atoms with van der Waals surface area (Å²) in [4.78, 5) is 4.45. The molecule has 0 saturated carbocycles. The summed E-state index contributed by atoms with van der Waals surface area (Å²) in [6.07, 6.45) is 0. The Morgan fingerprint density at radius 3 is 2.52 bits per heavy atom. The summed E-state index contributed by atoms with van der Waals surface area (Å²) in [5.41, 5.74) is 8.28. The van der Waals surface area contributed by atoms with E-state index in [4.69, 9.17) is 10.5 Å². The highest BCUT2D eigenvalue weighted by atomic mass is 32.1. The van der Waals surface area contributed by atoms with Crippen LogP contribution in [0.15, 0.2) is 60.0 Å². The maximum Gasteiger partial charge on any atom is 0.127 e. The van der Waals surface area contributed by atoms with Crippen LogP contribution in [0.3, 0.4) is 0 Å². The molecule has 0 spiro atoms. The van der Waals surface area contributed by atoms with Crippen LogP contribution in [0.4, 0.5) is 0 Å². The third-order valence-corrected chi connectivity index (χ3v) is 4.14. The summed E-state index contributed by atoms with van der Waals surface area (Å²) in [7, 11) is 0. The minimum absolute atomic E-state index is 0.219. The third-order valence-electron chi connectivity index (χ3n) is 3.10. The number of nitrogens with two attached hydrogens (primary N) is 1. The van der Waals surface area contributed by atoms with Gasteiger partial charge >= 0.3 is 0 Å². The number of ether oxygens (including phenoxy) is 1. The standard InChI is InChI=1S/C17H16N2OS/c1-12-11-21-17(19-12)16(18)13-6-5-9-15(10-13)20-14-7-3-2-4-8-14/h2-11,16H,18H2,1H3. The fourth-order valence-electron chi connectivity index (χ4n) is 2.05. The largest absolute Gasteiger partial charge is 0.457 e. The molecule has 3 aromatic rings. The van der Waals surface area contributed by atoms with E-state index < -0.39 is 0 Å². The van der Waals surface area contributed by atoms with Crippen molar-refractivity contribution in [1.29, 1.82) is 0 Å². The van der Waals surface area contributed by atoms with Crippen LogP contribution in [-0.2, 0) is 0 Å². The number of benzene rings is 2. The van der Waals surface area contributed by atoms with Crippen LogP contribution in [0.2, 0.25) is 0 Å². The van der Waals surface area contributed by atoms with Gasteiger partial charge in [-0.3, -0.25) is 0 Å². The number of aromatic nitrogens is 1. The second-order valence-electron chi connectivity index (χ2n) is 4.79. The fourth-order valence-corrected chi connectivity index (χ4v) is 2.88. The van der Waals surface area contributed by atoms with E-state index in [0.29, 0.717) is 0 Å². The smallest absolute Gasteiger partial charge is 0.127 e. The van der Waals surface area contributed by atoms with Gasteiger partial charge in [-0.1, -0.05) is 30.3 Å². The zero-order valence-electron chi connectivity index (χ0n) is 11.7. The molecule has 4 heteroatoms. The van der Waals surface area contributed by atoms with Crippen molar-refractivity contribution in [2.45, 2.75) is 13.0 Å². The van der Waals surface area contributed by atoms with Crippen LogP contribution < -0.4 is 10.5 Å².